The van der Waals surface area contributed by atoms with E-state index in [0.717, 1.165) is 31.7 Å². The molecule has 21 heavy (non-hydrogen) atoms. The summed E-state index contributed by atoms with van der Waals surface area (Å²) in [5.74, 6) is 0.0949. The molecule has 0 saturated carbocycles. The van der Waals surface area contributed by atoms with Crippen LogP contribution >= 0.6 is 0 Å². The fourth-order valence-corrected chi connectivity index (χ4v) is 2.68. The van der Waals surface area contributed by atoms with E-state index in [-0.39, 0.29) is 11.9 Å². The van der Waals surface area contributed by atoms with Gasteiger partial charge in [0, 0.05) is 26.2 Å². The van der Waals surface area contributed by atoms with E-state index >= 15 is 0 Å². The van der Waals surface area contributed by atoms with Gasteiger partial charge in [0.25, 0.3) is 0 Å². The van der Waals surface area contributed by atoms with Crippen LogP contribution in [-0.2, 0) is 4.79 Å². The van der Waals surface area contributed by atoms with Gasteiger partial charge in [-0.25, -0.2) is 0 Å². The Balaban J connectivity index is 2.00. The van der Waals surface area contributed by atoms with Crippen LogP contribution in [0.15, 0.2) is 24.3 Å². The second-order valence-corrected chi connectivity index (χ2v) is 6.40. The van der Waals surface area contributed by atoms with E-state index < -0.39 is 5.54 Å². The fraction of sp³-hybridized carbons (Fsp3) is 0.588. The van der Waals surface area contributed by atoms with Crippen LogP contribution in [0.3, 0.4) is 0 Å². The van der Waals surface area contributed by atoms with Crippen molar-refractivity contribution >= 4 is 5.91 Å². The van der Waals surface area contributed by atoms with E-state index in [1.54, 1.807) is 0 Å². The van der Waals surface area contributed by atoms with E-state index in [0.29, 0.717) is 0 Å². The topological polar surface area (TPSA) is 44.4 Å². The Kier molecular flexibility index (Phi) is 5.01. The zero-order valence-corrected chi connectivity index (χ0v) is 13.6. The maximum absolute atomic E-state index is 12.6. The molecular formula is C17H27N3O. The van der Waals surface area contributed by atoms with Gasteiger partial charge >= 0.3 is 0 Å². The van der Waals surface area contributed by atoms with Crippen LogP contribution in [0.25, 0.3) is 0 Å². The van der Waals surface area contributed by atoms with Gasteiger partial charge in [-0.05, 0) is 33.3 Å². The maximum Gasteiger partial charge on any atom is 0.240 e. The highest BCUT2D eigenvalue weighted by molar-refractivity contribution is 5.85. The molecule has 1 heterocycles. The standard InChI is InChI=1S/C17H27N3O/c1-13-5-7-15(8-6-13)14(2)19-16(21)17(3,4)20-11-9-18-10-12-20/h5-8,14,18H,9-12H2,1-4H3,(H,19,21)/t14-/m0/s1. The van der Waals surface area contributed by atoms with Crippen molar-refractivity contribution in [2.75, 3.05) is 26.2 Å². The SMILES string of the molecule is Cc1ccc([C@H](C)NC(=O)C(C)(C)N2CCNCC2)cc1. The number of hydrogen-bond acceptors (Lipinski definition) is 3. The van der Waals surface area contributed by atoms with Gasteiger partial charge in [-0.2, -0.15) is 0 Å². The minimum absolute atomic E-state index is 0.0280. The monoisotopic (exact) mass is 289 g/mol. The molecule has 4 heteroatoms. The lowest BCUT2D eigenvalue weighted by Gasteiger charge is -2.40. The number of nitrogens with one attached hydrogen (secondary N) is 2. The third-order valence-corrected chi connectivity index (χ3v) is 4.39. The minimum Gasteiger partial charge on any atom is -0.348 e. The first-order chi connectivity index (χ1) is 9.91. The van der Waals surface area contributed by atoms with Gasteiger partial charge in [0.05, 0.1) is 11.6 Å². The zero-order chi connectivity index (χ0) is 15.5. The summed E-state index contributed by atoms with van der Waals surface area (Å²) in [7, 11) is 0. The quantitative estimate of drug-likeness (QED) is 0.889. The summed E-state index contributed by atoms with van der Waals surface area (Å²) in [5.41, 5.74) is 1.91. The molecule has 0 spiro atoms. The molecule has 1 atom stereocenters. The Hall–Kier alpha value is -1.39. The molecule has 0 aromatic heterocycles. The summed E-state index contributed by atoms with van der Waals surface area (Å²) in [4.78, 5) is 14.9. The van der Waals surface area contributed by atoms with Gasteiger partial charge in [-0.15, -0.1) is 0 Å². The second-order valence-electron chi connectivity index (χ2n) is 6.40. The lowest BCUT2D eigenvalue weighted by molar-refractivity contribution is -0.132. The van der Waals surface area contributed by atoms with Gasteiger partial charge in [-0.1, -0.05) is 29.8 Å². The lowest BCUT2D eigenvalue weighted by atomic mass is 9.98. The summed E-state index contributed by atoms with van der Waals surface area (Å²) in [6, 6.07) is 8.36. The van der Waals surface area contributed by atoms with E-state index in [9.17, 15) is 4.79 Å². The molecule has 1 aromatic carbocycles. The lowest BCUT2D eigenvalue weighted by Crippen LogP contribution is -2.60. The summed E-state index contributed by atoms with van der Waals surface area (Å²) < 4.78 is 0. The van der Waals surface area contributed by atoms with Crippen LogP contribution in [0.4, 0.5) is 0 Å². The first-order valence-corrected chi connectivity index (χ1v) is 7.74. The normalized spacial score (nSPS) is 18.3. The Bertz CT molecular complexity index is 475. The molecule has 1 saturated heterocycles. The first kappa shape index (κ1) is 16.0. The summed E-state index contributed by atoms with van der Waals surface area (Å²) in [6.07, 6.45) is 0. The van der Waals surface area contributed by atoms with Gasteiger partial charge in [0.2, 0.25) is 5.91 Å². The van der Waals surface area contributed by atoms with Gasteiger partial charge in [0.15, 0.2) is 0 Å². The molecule has 116 valence electrons. The van der Waals surface area contributed by atoms with Crippen LogP contribution in [0, 0.1) is 6.92 Å². The number of benzene rings is 1. The molecule has 1 amide bonds. The molecule has 1 fully saturated rings. The average molecular weight is 289 g/mol. The highest BCUT2D eigenvalue weighted by Crippen LogP contribution is 2.19. The van der Waals surface area contributed by atoms with E-state index in [1.807, 2.05) is 20.8 Å². The van der Waals surface area contributed by atoms with E-state index in [1.165, 1.54) is 5.56 Å². The number of rotatable bonds is 4. The number of carbonyl (C=O) groups excluding carboxylic acids is 1. The summed E-state index contributed by atoms with van der Waals surface area (Å²) in [6.45, 7) is 11.9. The van der Waals surface area contributed by atoms with Crippen molar-refractivity contribution in [1.29, 1.82) is 0 Å². The molecule has 0 bridgehead atoms. The van der Waals surface area contributed by atoms with Crippen molar-refractivity contribution in [1.82, 2.24) is 15.5 Å². The first-order valence-electron chi connectivity index (χ1n) is 7.74. The molecule has 2 rings (SSSR count). The Morgan fingerprint density at radius 3 is 2.38 bits per heavy atom. The van der Waals surface area contributed by atoms with Crippen molar-refractivity contribution < 1.29 is 4.79 Å². The average Bonchev–Trinajstić information content (AvgIpc) is 2.48. The number of aryl methyl sites for hydroxylation is 1. The van der Waals surface area contributed by atoms with Crippen LogP contribution < -0.4 is 10.6 Å². The van der Waals surface area contributed by atoms with Crippen molar-refractivity contribution in [3.63, 3.8) is 0 Å². The second kappa shape index (κ2) is 6.58. The highest BCUT2D eigenvalue weighted by Gasteiger charge is 2.35. The third kappa shape index (κ3) is 3.83. The van der Waals surface area contributed by atoms with Crippen LogP contribution in [0.2, 0.25) is 0 Å². The smallest absolute Gasteiger partial charge is 0.240 e. The zero-order valence-electron chi connectivity index (χ0n) is 13.6. The predicted octanol–water partition coefficient (Wildman–Crippen LogP) is 1.86. The summed E-state index contributed by atoms with van der Waals surface area (Å²) in [5, 5.41) is 6.48. The van der Waals surface area contributed by atoms with Crippen molar-refractivity contribution in [3.05, 3.63) is 35.4 Å². The van der Waals surface area contributed by atoms with Gasteiger partial charge in [0.1, 0.15) is 0 Å². The Morgan fingerprint density at radius 2 is 1.81 bits per heavy atom. The number of amides is 1. The molecule has 1 aromatic rings. The number of carbonyl (C=O) groups is 1. The van der Waals surface area contributed by atoms with Gasteiger partial charge in [-0.3, -0.25) is 9.69 Å². The van der Waals surface area contributed by atoms with E-state index in [4.69, 9.17) is 0 Å². The highest BCUT2D eigenvalue weighted by atomic mass is 16.2. The molecule has 0 aliphatic carbocycles. The summed E-state index contributed by atoms with van der Waals surface area (Å²) >= 11 is 0. The molecule has 4 nitrogen and oxygen atoms in total. The van der Waals surface area contributed by atoms with Crippen LogP contribution in [-0.4, -0.2) is 42.5 Å². The molecular weight excluding hydrogens is 262 g/mol. The third-order valence-electron chi connectivity index (χ3n) is 4.39. The van der Waals surface area contributed by atoms with Crippen molar-refractivity contribution in [3.8, 4) is 0 Å². The Morgan fingerprint density at radius 1 is 1.24 bits per heavy atom. The number of hydrogen-bond donors (Lipinski definition) is 2. The van der Waals surface area contributed by atoms with Crippen LogP contribution in [0.1, 0.15) is 37.9 Å². The molecule has 0 radical (unpaired) electrons. The minimum atomic E-state index is -0.471. The van der Waals surface area contributed by atoms with E-state index in [2.05, 4.69) is 46.7 Å². The molecule has 1 aliphatic rings. The number of nitrogens with zero attached hydrogens (tertiary/aromatic N) is 1. The molecule has 2 N–H and O–H groups in total. The maximum atomic E-state index is 12.6. The van der Waals surface area contributed by atoms with Crippen LogP contribution in [0.5, 0.6) is 0 Å². The van der Waals surface area contributed by atoms with Crippen molar-refractivity contribution in [2.24, 2.45) is 0 Å². The number of piperazine rings is 1. The predicted molar refractivity (Wildman–Crippen MR) is 86.3 cm³/mol. The Labute approximate surface area is 127 Å². The fourth-order valence-electron chi connectivity index (χ4n) is 2.68. The largest absolute Gasteiger partial charge is 0.348 e. The molecule has 1 aliphatic heterocycles. The van der Waals surface area contributed by atoms with Crippen molar-refractivity contribution in [2.45, 2.75) is 39.3 Å². The molecule has 0 unspecified atom stereocenters. The van der Waals surface area contributed by atoms with Gasteiger partial charge < -0.3 is 10.6 Å².